The summed E-state index contributed by atoms with van der Waals surface area (Å²) in [5, 5.41) is 0. The fourth-order valence-electron chi connectivity index (χ4n) is 4.38. The van der Waals surface area contributed by atoms with Crippen molar-refractivity contribution in [1.29, 1.82) is 0 Å². The molecule has 0 N–H and O–H groups in total. The highest BCUT2D eigenvalue weighted by Crippen LogP contribution is 2.60. The summed E-state index contributed by atoms with van der Waals surface area (Å²) in [7, 11) is 0. The van der Waals surface area contributed by atoms with Gasteiger partial charge in [0, 0.05) is 11.3 Å². The van der Waals surface area contributed by atoms with Gasteiger partial charge < -0.3 is 4.74 Å². The van der Waals surface area contributed by atoms with Crippen LogP contribution in [0.5, 0.6) is 0 Å². The lowest BCUT2D eigenvalue weighted by molar-refractivity contribution is -0.131. The van der Waals surface area contributed by atoms with Crippen molar-refractivity contribution in [3.8, 4) is 0 Å². The van der Waals surface area contributed by atoms with Crippen molar-refractivity contribution >= 4 is 12.0 Å². The predicted octanol–water partition coefficient (Wildman–Crippen LogP) is 4.32. The first-order valence-corrected chi connectivity index (χ1v) is 9.16. The second-order valence-electron chi connectivity index (χ2n) is 7.53. The van der Waals surface area contributed by atoms with E-state index in [9.17, 15) is 9.59 Å². The van der Waals surface area contributed by atoms with Crippen LogP contribution in [0.3, 0.4) is 0 Å². The van der Waals surface area contributed by atoms with Gasteiger partial charge in [0.2, 0.25) is 5.91 Å². The molecule has 26 heavy (non-hydrogen) atoms. The summed E-state index contributed by atoms with van der Waals surface area (Å²) < 4.78 is 5.23. The van der Waals surface area contributed by atoms with Crippen molar-refractivity contribution in [3.05, 3.63) is 71.8 Å². The number of ether oxygens (including phenoxy) is 1. The number of carbonyl (C=O) groups is 2. The molecule has 4 nitrogen and oxygen atoms in total. The number of nitrogens with zero attached hydrogens (tertiary/aromatic N) is 1. The molecule has 1 aliphatic heterocycles. The van der Waals surface area contributed by atoms with Crippen molar-refractivity contribution in [1.82, 2.24) is 4.90 Å². The van der Waals surface area contributed by atoms with Gasteiger partial charge in [0.1, 0.15) is 12.6 Å². The number of amides is 2. The summed E-state index contributed by atoms with van der Waals surface area (Å²) in [6.45, 7) is 4.52. The minimum Gasteiger partial charge on any atom is -0.446 e. The number of hydrogen-bond acceptors (Lipinski definition) is 3. The van der Waals surface area contributed by atoms with E-state index in [1.54, 1.807) is 0 Å². The van der Waals surface area contributed by atoms with E-state index in [4.69, 9.17) is 4.74 Å². The van der Waals surface area contributed by atoms with Crippen molar-refractivity contribution in [2.75, 3.05) is 6.61 Å². The van der Waals surface area contributed by atoms with Crippen LogP contribution in [0.4, 0.5) is 4.79 Å². The minimum atomic E-state index is -0.526. The predicted molar refractivity (Wildman–Crippen MR) is 98.4 cm³/mol. The van der Waals surface area contributed by atoms with E-state index in [2.05, 4.69) is 26.0 Å². The molecule has 4 heteroatoms. The Bertz CT molecular complexity index is 818. The summed E-state index contributed by atoms with van der Waals surface area (Å²) in [4.78, 5) is 27.0. The molecule has 2 aromatic carbocycles. The van der Waals surface area contributed by atoms with E-state index >= 15 is 0 Å². The second kappa shape index (κ2) is 6.27. The van der Waals surface area contributed by atoms with Gasteiger partial charge in [0.25, 0.3) is 0 Å². The number of benzene rings is 2. The summed E-state index contributed by atoms with van der Waals surface area (Å²) in [6.07, 6.45) is 0.250. The molecule has 2 aliphatic rings. The first-order valence-electron chi connectivity index (χ1n) is 9.16. The zero-order chi connectivity index (χ0) is 18.3. The molecule has 1 aliphatic carbocycles. The third-order valence-electron chi connectivity index (χ3n) is 5.94. The second-order valence-corrected chi connectivity index (χ2v) is 7.53. The highest BCUT2D eigenvalue weighted by Gasteiger charge is 2.63. The van der Waals surface area contributed by atoms with E-state index in [-0.39, 0.29) is 29.9 Å². The highest BCUT2D eigenvalue weighted by molar-refractivity contribution is 5.97. The van der Waals surface area contributed by atoms with Gasteiger partial charge in [-0.3, -0.25) is 4.79 Å². The lowest BCUT2D eigenvalue weighted by atomic mass is 9.82. The summed E-state index contributed by atoms with van der Waals surface area (Å²) in [6, 6.07) is 19.5. The molecule has 3 atom stereocenters. The molecule has 1 unspecified atom stereocenters. The van der Waals surface area contributed by atoms with Gasteiger partial charge >= 0.3 is 6.09 Å². The molecular weight excluding hydrogens is 326 g/mol. The fraction of sp³-hybridized carbons (Fsp3) is 0.364. The molecule has 1 heterocycles. The summed E-state index contributed by atoms with van der Waals surface area (Å²) in [5.74, 6) is 0.0216. The maximum atomic E-state index is 13.3. The third-order valence-corrected chi connectivity index (χ3v) is 5.94. The average Bonchev–Trinajstić information content (AvgIpc) is 3.33. The Morgan fingerprint density at radius 3 is 2.31 bits per heavy atom. The topological polar surface area (TPSA) is 46.6 Å². The van der Waals surface area contributed by atoms with Crippen LogP contribution in [0.2, 0.25) is 0 Å². The van der Waals surface area contributed by atoms with Crippen LogP contribution in [0.1, 0.15) is 37.4 Å². The monoisotopic (exact) mass is 349 g/mol. The van der Waals surface area contributed by atoms with Crippen molar-refractivity contribution in [2.24, 2.45) is 11.8 Å². The first kappa shape index (κ1) is 16.8. The highest BCUT2D eigenvalue weighted by atomic mass is 16.6. The van der Waals surface area contributed by atoms with Gasteiger partial charge in [-0.25, -0.2) is 9.69 Å². The fourth-order valence-corrected chi connectivity index (χ4v) is 4.38. The quantitative estimate of drug-likeness (QED) is 0.826. The molecule has 0 spiro atoms. The van der Waals surface area contributed by atoms with E-state index in [1.807, 2.05) is 48.5 Å². The number of hydrogen-bond donors (Lipinski definition) is 0. The molecule has 1 saturated heterocycles. The molecule has 2 aromatic rings. The number of carbonyl (C=O) groups excluding carboxylic acids is 2. The van der Waals surface area contributed by atoms with Crippen molar-refractivity contribution in [2.45, 2.75) is 31.7 Å². The number of rotatable bonds is 4. The van der Waals surface area contributed by atoms with E-state index < -0.39 is 6.09 Å². The lowest BCUT2D eigenvalue weighted by Crippen LogP contribution is -2.37. The van der Waals surface area contributed by atoms with Crippen LogP contribution < -0.4 is 0 Å². The smallest absolute Gasteiger partial charge is 0.417 e. The van der Waals surface area contributed by atoms with Gasteiger partial charge in [0.15, 0.2) is 0 Å². The van der Waals surface area contributed by atoms with Gasteiger partial charge in [0.05, 0.1) is 0 Å². The Hall–Kier alpha value is -2.62. The first-order chi connectivity index (χ1) is 12.6. The molecule has 134 valence electrons. The Kier molecular flexibility index (Phi) is 4.06. The number of cyclic esters (lactones) is 1. The zero-order valence-electron chi connectivity index (χ0n) is 15.1. The lowest BCUT2D eigenvalue weighted by Gasteiger charge is -2.25. The van der Waals surface area contributed by atoms with Crippen LogP contribution in [0.25, 0.3) is 0 Å². The van der Waals surface area contributed by atoms with E-state index in [1.165, 1.54) is 10.5 Å². The minimum absolute atomic E-state index is 0.112. The molecule has 0 aromatic heterocycles. The summed E-state index contributed by atoms with van der Waals surface area (Å²) >= 11 is 0. The molecule has 0 bridgehead atoms. The van der Waals surface area contributed by atoms with E-state index in [0.29, 0.717) is 5.92 Å². The molecule has 0 radical (unpaired) electrons. The third kappa shape index (κ3) is 2.52. The van der Waals surface area contributed by atoms with Crippen LogP contribution in [-0.2, 0) is 14.9 Å². The van der Waals surface area contributed by atoms with E-state index in [0.717, 1.165) is 12.0 Å². The Labute approximate surface area is 153 Å². The molecule has 1 saturated carbocycles. The average molecular weight is 349 g/mol. The molecule has 2 amide bonds. The molecular formula is C22H23NO3. The normalized spacial score (nSPS) is 27.5. The SMILES string of the molecule is CC(C)[C@@]1(c2ccccc2)C[C@H]1C(=O)N1C(=O)OCC1c1ccccc1. The van der Waals surface area contributed by atoms with Gasteiger partial charge in [-0.2, -0.15) is 0 Å². The van der Waals surface area contributed by atoms with Crippen LogP contribution in [0, 0.1) is 11.8 Å². The number of imide groups is 1. The Morgan fingerprint density at radius 2 is 1.69 bits per heavy atom. The van der Waals surface area contributed by atoms with Gasteiger partial charge in [-0.15, -0.1) is 0 Å². The van der Waals surface area contributed by atoms with Crippen LogP contribution in [0.15, 0.2) is 60.7 Å². The van der Waals surface area contributed by atoms with Crippen LogP contribution >= 0.6 is 0 Å². The molecule has 4 rings (SSSR count). The van der Waals surface area contributed by atoms with Gasteiger partial charge in [-0.1, -0.05) is 74.5 Å². The van der Waals surface area contributed by atoms with Gasteiger partial charge in [-0.05, 0) is 23.5 Å². The maximum Gasteiger partial charge on any atom is 0.417 e. The maximum absolute atomic E-state index is 13.3. The van der Waals surface area contributed by atoms with Crippen molar-refractivity contribution in [3.63, 3.8) is 0 Å². The molecule has 2 fully saturated rings. The Morgan fingerprint density at radius 1 is 1.08 bits per heavy atom. The summed E-state index contributed by atoms with van der Waals surface area (Å²) in [5.41, 5.74) is 1.92. The standard InChI is InChI=1S/C22H23NO3/c1-15(2)22(17-11-7-4-8-12-17)13-18(22)20(24)23-19(14-26-21(23)25)16-9-5-3-6-10-16/h3-12,15,18-19H,13-14H2,1-2H3/t18-,19?,22+/m0/s1. The van der Waals surface area contributed by atoms with Crippen LogP contribution in [-0.4, -0.2) is 23.5 Å². The van der Waals surface area contributed by atoms with Crippen molar-refractivity contribution < 1.29 is 14.3 Å². The zero-order valence-corrected chi connectivity index (χ0v) is 15.1. The largest absolute Gasteiger partial charge is 0.446 e. The Balaban J connectivity index is 1.64.